The van der Waals surface area contributed by atoms with Crippen LogP contribution < -0.4 is 16.0 Å². The van der Waals surface area contributed by atoms with E-state index in [0.29, 0.717) is 42.2 Å². The predicted octanol–water partition coefficient (Wildman–Crippen LogP) is 2.55. The lowest BCUT2D eigenvalue weighted by Gasteiger charge is -2.50. The van der Waals surface area contributed by atoms with E-state index >= 15 is 0 Å². The van der Waals surface area contributed by atoms with Gasteiger partial charge in [-0.3, -0.25) is 10.6 Å². The van der Waals surface area contributed by atoms with Crippen LogP contribution in [-0.4, -0.2) is 24.3 Å². The first-order chi connectivity index (χ1) is 10.6. The van der Waals surface area contributed by atoms with Gasteiger partial charge in [0.1, 0.15) is 5.82 Å². The molecule has 6 atom stereocenters. The second kappa shape index (κ2) is 5.59. The van der Waals surface area contributed by atoms with Crippen LogP contribution in [0.4, 0.5) is 4.39 Å². The number of hydrogen-bond donors (Lipinski definition) is 3. The molecule has 0 amide bonds. The highest BCUT2D eigenvalue weighted by molar-refractivity contribution is 5.24. The van der Waals surface area contributed by atoms with Crippen molar-refractivity contribution < 1.29 is 4.39 Å². The molecule has 0 spiro atoms. The Labute approximate surface area is 132 Å². The van der Waals surface area contributed by atoms with Crippen molar-refractivity contribution in [2.24, 2.45) is 11.8 Å². The summed E-state index contributed by atoms with van der Waals surface area (Å²) < 4.78 is 13.3. The van der Waals surface area contributed by atoms with Gasteiger partial charge in [-0.15, -0.1) is 0 Å². The molecule has 6 unspecified atom stereocenters. The maximum absolute atomic E-state index is 13.3. The van der Waals surface area contributed by atoms with Crippen LogP contribution in [0.25, 0.3) is 0 Å². The number of piperidine rings is 1. The Morgan fingerprint density at radius 2 is 1.77 bits per heavy atom. The van der Waals surface area contributed by atoms with Crippen molar-refractivity contribution >= 4 is 0 Å². The lowest BCUT2D eigenvalue weighted by molar-refractivity contribution is 0.0806. The van der Waals surface area contributed by atoms with Crippen LogP contribution in [-0.2, 0) is 0 Å². The summed E-state index contributed by atoms with van der Waals surface area (Å²) in [4.78, 5) is 0. The molecule has 0 radical (unpaired) electrons. The summed E-state index contributed by atoms with van der Waals surface area (Å²) in [5.74, 6) is 0.924. The number of fused-ring (bicyclic) bond motifs is 4. The largest absolute Gasteiger partial charge is 0.311 e. The molecule has 0 aliphatic carbocycles. The minimum atomic E-state index is -0.155. The van der Waals surface area contributed by atoms with E-state index in [1.807, 2.05) is 12.1 Å². The number of rotatable bonds is 2. The van der Waals surface area contributed by atoms with Crippen molar-refractivity contribution in [1.29, 1.82) is 0 Å². The van der Waals surface area contributed by atoms with Gasteiger partial charge in [0.2, 0.25) is 0 Å². The zero-order chi connectivity index (χ0) is 15.3. The molecule has 0 saturated carbocycles. The Morgan fingerprint density at radius 3 is 2.50 bits per heavy atom. The Balaban J connectivity index is 1.67. The number of nitrogens with one attached hydrogen (secondary N) is 3. The van der Waals surface area contributed by atoms with Crippen LogP contribution in [0.15, 0.2) is 24.3 Å². The predicted molar refractivity (Wildman–Crippen MR) is 85.9 cm³/mol. The van der Waals surface area contributed by atoms with E-state index in [-0.39, 0.29) is 5.82 Å². The monoisotopic (exact) mass is 303 g/mol. The SMILES string of the molecule is CC(C)C1NC2CC3CCC(N3)C2C(c2ccc(F)cc2)N1. The summed E-state index contributed by atoms with van der Waals surface area (Å²) in [7, 11) is 0. The lowest BCUT2D eigenvalue weighted by Crippen LogP contribution is -2.67. The molecule has 3 fully saturated rings. The topological polar surface area (TPSA) is 36.1 Å². The number of benzene rings is 1. The zero-order valence-electron chi connectivity index (χ0n) is 13.4. The molecule has 4 heteroatoms. The molecule has 3 heterocycles. The summed E-state index contributed by atoms with van der Waals surface area (Å²) in [6, 6.07) is 9.20. The number of hydrogen-bond acceptors (Lipinski definition) is 3. The summed E-state index contributed by atoms with van der Waals surface area (Å²) in [6.45, 7) is 4.50. The van der Waals surface area contributed by atoms with E-state index in [9.17, 15) is 4.39 Å². The lowest BCUT2D eigenvalue weighted by atomic mass is 9.76. The molecule has 3 N–H and O–H groups in total. The van der Waals surface area contributed by atoms with Gasteiger partial charge in [0, 0.05) is 30.1 Å². The minimum absolute atomic E-state index is 0.155. The standard InChI is InChI=1S/C18H26FN3/c1-10(2)18-21-15-9-13-7-8-14(20-13)16(15)17(22-18)11-3-5-12(19)6-4-11/h3-6,10,13-18,20-22H,7-9H2,1-2H3. The summed E-state index contributed by atoms with van der Waals surface area (Å²) in [5.41, 5.74) is 1.22. The molecule has 22 heavy (non-hydrogen) atoms. The Bertz CT molecular complexity index is 530. The smallest absolute Gasteiger partial charge is 0.123 e. The van der Waals surface area contributed by atoms with Crippen LogP contribution in [0.3, 0.4) is 0 Å². The third-order valence-electron chi connectivity index (χ3n) is 5.78. The van der Waals surface area contributed by atoms with Gasteiger partial charge < -0.3 is 5.32 Å². The molecule has 120 valence electrons. The molecule has 1 aromatic rings. The summed E-state index contributed by atoms with van der Waals surface area (Å²) in [6.07, 6.45) is 4.10. The van der Waals surface area contributed by atoms with Crippen molar-refractivity contribution in [3.63, 3.8) is 0 Å². The normalized spacial score (nSPS) is 40.7. The van der Waals surface area contributed by atoms with Crippen LogP contribution in [0.5, 0.6) is 0 Å². The Hall–Kier alpha value is -0.970. The maximum Gasteiger partial charge on any atom is 0.123 e. The van der Waals surface area contributed by atoms with Crippen LogP contribution in [0.1, 0.15) is 44.7 Å². The van der Waals surface area contributed by atoms with Crippen molar-refractivity contribution in [1.82, 2.24) is 16.0 Å². The molecule has 1 aromatic carbocycles. The van der Waals surface area contributed by atoms with Crippen LogP contribution >= 0.6 is 0 Å². The first-order valence-corrected chi connectivity index (χ1v) is 8.65. The molecule has 3 nitrogen and oxygen atoms in total. The molecular weight excluding hydrogens is 277 g/mol. The molecule has 3 aliphatic rings. The fraction of sp³-hybridized carbons (Fsp3) is 0.667. The highest BCUT2D eigenvalue weighted by atomic mass is 19.1. The van der Waals surface area contributed by atoms with E-state index < -0.39 is 0 Å². The summed E-state index contributed by atoms with van der Waals surface area (Å²) in [5, 5.41) is 11.4. The van der Waals surface area contributed by atoms with E-state index in [2.05, 4.69) is 29.8 Å². The van der Waals surface area contributed by atoms with Crippen molar-refractivity contribution in [3.8, 4) is 0 Å². The van der Waals surface area contributed by atoms with Gasteiger partial charge >= 0.3 is 0 Å². The van der Waals surface area contributed by atoms with Crippen molar-refractivity contribution in [2.75, 3.05) is 0 Å². The van der Waals surface area contributed by atoms with Gasteiger partial charge in [0.05, 0.1) is 6.17 Å². The van der Waals surface area contributed by atoms with Gasteiger partial charge in [-0.2, -0.15) is 0 Å². The molecular formula is C18H26FN3. The fourth-order valence-corrected chi connectivity index (χ4v) is 4.68. The van der Waals surface area contributed by atoms with E-state index in [4.69, 9.17) is 0 Å². The van der Waals surface area contributed by atoms with E-state index in [1.165, 1.54) is 24.8 Å². The Kier molecular flexibility index (Phi) is 3.71. The van der Waals surface area contributed by atoms with Crippen molar-refractivity contribution in [2.45, 2.75) is 63.4 Å². The van der Waals surface area contributed by atoms with Crippen LogP contribution in [0.2, 0.25) is 0 Å². The van der Waals surface area contributed by atoms with Gasteiger partial charge in [0.15, 0.2) is 0 Å². The zero-order valence-corrected chi connectivity index (χ0v) is 13.4. The number of halogens is 1. The summed E-state index contributed by atoms with van der Waals surface area (Å²) >= 11 is 0. The highest BCUT2D eigenvalue weighted by Crippen LogP contribution is 2.41. The van der Waals surface area contributed by atoms with Gasteiger partial charge in [-0.05, 0) is 42.9 Å². The molecule has 3 aliphatic heterocycles. The second-order valence-corrected chi connectivity index (χ2v) is 7.55. The minimum Gasteiger partial charge on any atom is -0.311 e. The molecule has 2 bridgehead atoms. The third-order valence-corrected chi connectivity index (χ3v) is 5.78. The maximum atomic E-state index is 13.3. The second-order valence-electron chi connectivity index (χ2n) is 7.55. The van der Waals surface area contributed by atoms with E-state index in [1.54, 1.807) is 12.1 Å². The van der Waals surface area contributed by atoms with Crippen molar-refractivity contribution in [3.05, 3.63) is 35.6 Å². The quantitative estimate of drug-likeness (QED) is 0.786. The van der Waals surface area contributed by atoms with E-state index in [0.717, 1.165) is 0 Å². The van der Waals surface area contributed by atoms with Gasteiger partial charge in [0.25, 0.3) is 0 Å². The molecule has 0 aromatic heterocycles. The highest BCUT2D eigenvalue weighted by Gasteiger charge is 2.48. The van der Waals surface area contributed by atoms with Gasteiger partial charge in [-0.1, -0.05) is 26.0 Å². The molecule has 4 rings (SSSR count). The Morgan fingerprint density at radius 1 is 1.00 bits per heavy atom. The fourth-order valence-electron chi connectivity index (χ4n) is 4.68. The first-order valence-electron chi connectivity index (χ1n) is 8.65. The third kappa shape index (κ3) is 2.47. The first kappa shape index (κ1) is 14.6. The van der Waals surface area contributed by atoms with Gasteiger partial charge in [-0.25, -0.2) is 4.39 Å². The average Bonchev–Trinajstić information content (AvgIpc) is 2.88. The average molecular weight is 303 g/mol. The van der Waals surface area contributed by atoms with Crippen LogP contribution in [0, 0.1) is 17.7 Å². The molecule has 3 saturated heterocycles.